The van der Waals surface area contributed by atoms with Gasteiger partial charge >= 0.3 is 0 Å². The number of thioether (sulfide) groups is 1. The van der Waals surface area contributed by atoms with Gasteiger partial charge in [-0.15, -0.1) is 0 Å². The van der Waals surface area contributed by atoms with E-state index in [4.69, 9.17) is 4.42 Å². The van der Waals surface area contributed by atoms with Crippen molar-refractivity contribution in [1.29, 1.82) is 0 Å². The Hall–Kier alpha value is -2.54. The maximum Gasteiger partial charge on any atom is 0.261 e. The van der Waals surface area contributed by atoms with Crippen LogP contribution in [0.15, 0.2) is 47.1 Å². The molecule has 0 spiro atoms. The molecule has 0 saturated carbocycles. The summed E-state index contributed by atoms with van der Waals surface area (Å²) >= 11 is 1.54. The third-order valence-electron chi connectivity index (χ3n) is 4.07. The van der Waals surface area contributed by atoms with Crippen molar-refractivity contribution in [3.8, 4) is 0 Å². The van der Waals surface area contributed by atoms with Gasteiger partial charge in [0.15, 0.2) is 0 Å². The Morgan fingerprint density at radius 1 is 1.04 bits per heavy atom. The number of carbonyl (C=O) groups is 3. The second-order valence-electron chi connectivity index (χ2n) is 5.92. The highest BCUT2D eigenvalue weighted by Crippen LogP contribution is 2.22. The number of imide groups is 1. The minimum Gasteiger partial charge on any atom is -0.467 e. The maximum atomic E-state index is 12.2. The average Bonchev–Trinajstić information content (AvgIpc) is 3.25. The third-order valence-corrected chi connectivity index (χ3v) is 5.12. The van der Waals surface area contributed by atoms with E-state index in [2.05, 4.69) is 5.32 Å². The topological polar surface area (TPSA) is 79.6 Å². The first-order valence-electron chi connectivity index (χ1n) is 8.49. The molecule has 0 bridgehead atoms. The summed E-state index contributed by atoms with van der Waals surface area (Å²) in [5.74, 6) is 1.45. The Labute approximate surface area is 155 Å². The van der Waals surface area contributed by atoms with E-state index in [1.165, 1.54) is 16.7 Å². The van der Waals surface area contributed by atoms with Crippen LogP contribution < -0.4 is 5.32 Å². The summed E-state index contributed by atoms with van der Waals surface area (Å²) in [4.78, 5) is 37.5. The number of amides is 3. The standard InChI is InChI=1S/C19H20N2O4S/c22-17(20-12-14-6-5-10-25-14)13-26-11-4-3-9-21-18(23)15-7-1-2-8-16(15)19(21)24/h1-2,5-8,10H,3-4,9,11-13H2,(H,20,22). The molecule has 1 aromatic carbocycles. The molecule has 0 fully saturated rings. The van der Waals surface area contributed by atoms with E-state index in [1.54, 1.807) is 36.6 Å². The second kappa shape index (κ2) is 8.71. The molecular formula is C19H20N2O4S. The van der Waals surface area contributed by atoms with Crippen LogP contribution in [0.5, 0.6) is 0 Å². The Kier molecular flexibility index (Phi) is 6.12. The highest BCUT2D eigenvalue weighted by molar-refractivity contribution is 7.99. The van der Waals surface area contributed by atoms with Crippen LogP contribution in [0.3, 0.4) is 0 Å². The lowest BCUT2D eigenvalue weighted by Crippen LogP contribution is -2.30. The molecule has 6 nitrogen and oxygen atoms in total. The zero-order valence-corrected chi connectivity index (χ0v) is 15.1. The molecule has 0 radical (unpaired) electrons. The zero-order valence-electron chi connectivity index (χ0n) is 14.3. The van der Waals surface area contributed by atoms with Gasteiger partial charge in [-0.25, -0.2) is 0 Å². The Morgan fingerprint density at radius 2 is 1.77 bits per heavy atom. The molecule has 3 rings (SSSR count). The van der Waals surface area contributed by atoms with Crippen molar-refractivity contribution in [3.05, 3.63) is 59.5 Å². The SMILES string of the molecule is O=C(CSCCCCN1C(=O)c2ccccc2C1=O)NCc1ccco1. The fraction of sp³-hybridized carbons (Fsp3) is 0.316. The zero-order chi connectivity index (χ0) is 18.4. The molecule has 1 aliphatic rings. The highest BCUT2D eigenvalue weighted by Gasteiger charge is 2.34. The van der Waals surface area contributed by atoms with E-state index in [-0.39, 0.29) is 17.7 Å². The van der Waals surface area contributed by atoms with Gasteiger partial charge in [-0.2, -0.15) is 11.8 Å². The van der Waals surface area contributed by atoms with E-state index in [1.807, 2.05) is 6.07 Å². The Balaban J connectivity index is 1.30. The van der Waals surface area contributed by atoms with Crippen molar-refractivity contribution >= 4 is 29.5 Å². The Bertz CT molecular complexity index is 754. The number of hydrogen-bond acceptors (Lipinski definition) is 5. The molecular weight excluding hydrogens is 352 g/mol. The molecule has 26 heavy (non-hydrogen) atoms. The van der Waals surface area contributed by atoms with E-state index in [0.717, 1.165) is 24.4 Å². The molecule has 0 unspecified atom stereocenters. The lowest BCUT2D eigenvalue weighted by atomic mass is 10.1. The summed E-state index contributed by atoms with van der Waals surface area (Å²) in [7, 11) is 0. The number of benzene rings is 1. The molecule has 2 aromatic rings. The van der Waals surface area contributed by atoms with Gasteiger partial charge in [0.25, 0.3) is 11.8 Å². The van der Waals surface area contributed by atoms with Gasteiger partial charge in [0, 0.05) is 6.54 Å². The first kappa shape index (κ1) is 18.3. The minimum atomic E-state index is -0.212. The van der Waals surface area contributed by atoms with Crippen LogP contribution in [0.2, 0.25) is 0 Å². The van der Waals surface area contributed by atoms with E-state index >= 15 is 0 Å². The number of carbonyl (C=O) groups excluding carboxylic acids is 3. The van der Waals surface area contributed by atoms with Gasteiger partial charge in [-0.3, -0.25) is 19.3 Å². The molecule has 1 N–H and O–H groups in total. The van der Waals surface area contributed by atoms with Crippen molar-refractivity contribution in [3.63, 3.8) is 0 Å². The number of nitrogens with one attached hydrogen (secondary N) is 1. The van der Waals surface area contributed by atoms with Crippen molar-refractivity contribution in [2.45, 2.75) is 19.4 Å². The van der Waals surface area contributed by atoms with Crippen LogP contribution in [0, 0.1) is 0 Å². The normalized spacial score (nSPS) is 13.2. The summed E-state index contributed by atoms with van der Waals surface area (Å²) in [5.41, 5.74) is 0.972. The van der Waals surface area contributed by atoms with Crippen molar-refractivity contribution in [1.82, 2.24) is 10.2 Å². The van der Waals surface area contributed by atoms with Crippen molar-refractivity contribution in [2.24, 2.45) is 0 Å². The van der Waals surface area contributed by atoms with E-state index in [9.17, 15) is 14.4 Å². The summed E-state index contributed by atoms with van der Waals surface area (Å²) in [6.07, 6.45) is 3.14. The molecule has 3 amide bonds. The average molecular weight is 372 g/mol. The molecule has 0 atom stereocenters. The van der Waals surface area contributed by atoms with Crippen LogP contribution in [0.1, 0.15) is 39.3 Å². The monoisotopic (exact) mass is 372 g/mol. The lowest BCUT2D eigenvalue weighted by molar-refractivity contribution is -0.118. The minimum absolute atomic E-state index is 0.0354. The predicted molar refractivity (Wildman–Crippen MR) is 98.9 cm³/mol. The van der Waals surface area contributed by atoms with Crippen molar-refractivity contribution < 1.29 is 18.8 Å². The number of unbranched alkanes of at least 4 members (excludes halogenated alkanes) is 1. The Morgan fingerprint density at radius 3 is 2.42 bits per heavy atom. The number of rotatable bonds is 9. The molecule has 0 aliphatic carbocycles. The van der Waals surface area contributed by atoms with Gasteiger partial charge in [-0.1, -0.05) is 12.1 Å². The molecule has 136 valence electrons. The summed E-state index contributed by atoms with van der Waals surface area (Å²) in [6, 6.07) is 10.5. The molecule has 1 aromatic heterocycles. The molecule has 0 saturated heterocycles. The van der Waals surface area contributed by atoms with Crippen LogP contribution in [0.25, 0.3) is 0 Å². The van der Waals surface area contributed by atoms with Gasteiger partial charge in [0.2, 0.25) is 5.91 Å². The van der Waals surface area contributed by atoms with Gasteiger partial charge in [0.05, 0.1) is 29.7 Å². The van der Waals surface area contributed by atoms with Crippen LogP contribution in [0.4, 0.5) is 0 Å². The fourth-order valence-electron chi connectivity index (χ4n) is 2.73. The third kappa shape index (κ3) is 4.35. The number of hydrogen-bond donors (Lipinski definition) is 1. The molecule has 2 heterocycles. The predicted octanol–water partition coefficient (Wildman–Crippen LogP) is 2.71. The number of furan rings is 1. The summed E-state index contributed by atoms with van der Waals surface area (Å²) in [6.45, 7) is 0.809. The van der Waals surface area contributed by atoms with Crippen LogP contribution in [-0.2, 0) is 11.3 Å². The lowest BCUT2D eigenvalue weighted by Gasteiger charge is -2.13. The van der Waals surface area contributed by atoms with E-state index < -0.39 is 0 Å². The van der Waals surface area contributed by atoms with Crippen LogP contribution >= 0.6 is 11.8 Å². The maximum absolute atomic E-state index is 12.2. The second-order valence-corrected chi connectivity index (χ2v) is 7.03. The van der Waals surface area contributed by atoms with Crippen LogP contribution in [-0.4, -0.2) is 40.7 Å². The van der Waals surface area contributed by atoms with Crippen molar-refractivity contribution in [2.75, 3.05) is 18.1 Å². The summed E-state index contributed by atoms with van der Waals surface area (Å²) in [5, 5.41) is 2.79. The number of fused-ring (bicyclic) bond motifs is 1. The molecule has 1 aliphatic heterocycles. The quantitative estimate of drug-likeness (QED) is 0.541. The first-order chi connectivity index (χ1) is 12.7. The number of nitrogens with zero attached hydrogens (tertiary/aromatic N) is 1. The van der Waals surface area contributed by atoms with Gasteiger partial charge in [-0.05, 0) is 42.9 Å². The first-order valence-corrected chi connectivity index (χ1v) is 9.64. The van der Waals surface area contributed by atoms with Gasteiger partial charge < -0.3 is 9.73 Å². The van der Waals surface area contributed by atoms with E-state index in [0.29, 0.717) is 30.0 Å². The largest absolute Gasteiger partial charge is 0.467 e. The smallest absolute Gasteiger partial charge is 0.261 e. The highest BCUT2D eigenvalue weighted by atomic mass is 32.2. The fourth-order valence-corrected chi connectivity index (χ4v) is 3.57. The van der Waals surface area contributed by atoms with Gasteiger partial charge in [0.1, 0.15) is 5.76 Å². The summed E-state index contributed by atoms with van der Waals surface area (Å²) < 4.78 is 5.15. The molecule has 7 heteroatoms.